The van der Waals surface area contributed by atoms with Crippen molar-refractivity contribution in [1.29, 1.82) is 0 Å². The third-order valence-electron chi connectivity index (χ3n) is 2.17. The van der Waals surface area contributed by atoms with E-state index in [2.05, 4.69) is 43.6 Å². The van der Waals surface area contributed by atoms with E-state index >= 15 is 0 Å². The first kappa shape index (κ1) is 14.9. The van der Waals surface area contributed by atoms with Crippen molar-refractivity contribution in [2.24, 2.45) is 0 Å². The Morgan fingerprint density at radius 2 is 1.07 bits per heavy atom. The third-order valence-corrected chi connectivity index (χ3v) is 2.17. The molecule has 0 aliphatic heterocycles. The first-order valence-electron chi connectivity index (χ1n) is 6.30. The molecule has 0 spiro atoms. The molecule has 0 aromatic heterocycles. The predicted octanol–water partition coefficient (Wildman–Crippen LogP) is 1.35. The second-order valence-electron chi connectivity index (χ2n) is 4.67. The van der Waals surface area contributed by atoms with Crippen molar-refractivity contribution in [2.45, 2.75) is 52.6 Å². The summed E-state index contributed by atoms with van der Waals surface area (Å²) in [6.07, 6.45) is 2.44. The zero-order valence-electron chi connectivity index (χ0n) is 10.9. The van der Waals surface area contributed by atoms with Crippen molar-refractivity contribution in [3.63, 3.8) is 0 Å². The van der Waals surface area contributed by atoms with Crippen molar-refractivity contribution >= 4 is 0 Å². The summed E-state index contributed by atoms with van der Waals surface area (Å²) in [7, 11) is 0. The van der Waals surface area contributed by atoms with Crippen molar-refractivity contribution in [3.05, 3.63) is 0 Å². The lowest BCUT2D eigenvalue weighted by molar-refractivity contribution is 0.524. The molecule has 0 aromatic carbocycles. The van der Waals surface area contributed by atoms with E-state index in [0.29, 0.717) is 12.1 Å². The van der Waals surface area contributed by atoms with Crippen LogP contribution in [0.2, 0.25) is 0 Å². The molecule has 0 aliphatic rings. The van der Waals surface area contributed by atoms with Gasteiger partial charge in [-0.05, 0) is 39.0 Å². The van der Waals surface area contributed by atoms with Crippen LogP contribution >= 0.6 is 0 Å². The van der Waals surface area contributed by atoms with Crippen LogP contribution in [0.4, 0.5) is 0 Å². The van der Waals surface area contributed by atoms with Crippen LogP contribution in [0.5, 0.6) is 0 Å². The van der Waals surface area contributed by atoms with Crippen LogP contribution in [0.1, 0.15) is 40.5 Å². The quantitative estimate of drug-likeness (QED) is 0.482. The molecular weight excluding hydrogens is 186 g/mol. The Morgan fingerprint density at radius 1 is 0.667 bits per heavy atom. The first-order chi connectivity index (χ1) is 7.13. The molecule has 0 rings (SSSR count). The van der Waals surface area contributed by atoms with Crippen LogP contribution < -0.4 is 16.0 Å². The van der Waals surface area contributed by atoms with E-state index in [1.54, 1.807) is 0 Å². The number of nitrogens with one attached hydrogen (secondary N) is 3. The molecule has 3 N–H and O–H groups in total. The van der Waals surface area contributed by atoms with Crippen LogP contribution in [-0.2, 0) is 0 Å². The molecular formula is C12H29N3. The summed E-state index contributed by atoms with van der Waals surface area (Å²) in [5.74, 6) is 0. The Balaban J connectivity index is 2.93. The summed E-state index contributed by atoms with van der Waals surface area (Å²) < 4.78 is 0. The zero-order chi connectivity index (χ0) is 11.5. The molecule has 0 aromatic rings. The summed E-state index contributed by atoms with van der Waals surface area (Å²) in [6, 6.07) is 1.22. The fraction of sp³-hybridized carbons (Fsp3) is 1.00. The van der Waals surface area contributed by atoms with Gasteiger partial charge in [-0.3, -0.25) is 0 Å². The summed E-state index contributed by atoms with van der Waals surface area (Å²) in [6.45, 7) is 13.2. The fourth-order valence-electron chi connectivity index (χ4n) is 1.33. The molecule has 0 amide bonds. The lowest BCUT2D eigenvalue weighted by Gasteiger charge is -2.09. The van der Waals surface area contributed by atoms with Crippen molar-refractivity contribution in [1.82, 2.24) is 16.0 Å². The second kappa shape index (κ2) is 10.4. The van der Waals surface area contributed by atoms with Gasteiger partial charge in [0.25, 0.3) is 0 Å². The van der Waals surface area contributed by atoms with Crippen LogP contribution in [-0.4, -0.2) is 38.3 Å². The maximum Gasteiger partial charge on any atom is 0.00103 e. The van der Waals surface area contributed by atoms with E-state index in [9.17, 15) is 0 Å². The van der Waals surface area contributed by atoms with Crippen LogP contribution in [0, 0.1) is 0 Å². The Kier molecular flexibility index (Phi) is 10.3. The van der Waals surface area contributed by atoms with Crippen molar-refractivity contribution in [3.8, 4) is 0 Å². The smallest absolute Gasteiger partial charge is 0.00103 e. The Hall–Kier alpha value is -0.120. The third kappa shape index (κ3) is 13.9. The summed E-state index contributed by atoms with van der Waals surface area (Å²) in [5.41, 5.74) is 0. The van der Waals surface area contributed by atoms with Gasteiger partial charge < -0.3 is 16.0 Å². The van der Waals surface area contributed by atoms with Crippen molar-refractivity contribution < 1.29 is 0 Å². The molecule has 0 atom stereocenters. The van der Waals surface area contributed by atoms with Crippen LogP contribution in [0.15, 0.2) is 0 Å². The molecule has 0 saturated heterocycles. The van der Waals surface area contributed by atoms with Gasteiger partial charge in [0.1, 0.15) is 0 Å². The number of hydrogen-bond acceptors (Lipinski definition) is 3. The number of hydrogen-bond donors (Lipinski definition) is 3. The Morgan fingerprint density at radius 3 is 1.40 bits per heavy atom. The second-order valence-corrected chi connectivity index (χ2v) is 4.67. The highest BCUT2D eigenvalue weighted by Gasteiger charge is 1.93. The topological polar surface area (TPSA) is 36.1 Å². The fourth-order valence-corrected chi connectivity index (χ4v) is 1.33. The van der Waals surface area contributed by atoms with Crippen LogP contribution in [0.25, 0.3) is 0 Å². The Labute approximate surface area is 95.4 Å². The molecule has 15 heavy (non-hydrogen) atoms. The summed E-state index contributed by atoms with van der Waals surface area (Å²) in [5, 5.41) is 10.3. The summed E-state index contributed by atoms with van der Waals surface area (Å²) >= 11 is 0. The predicted molar refractivity (Wildman–Crippen MR) is 68.4 cm³/mol. The van der Waals surface area contributed by atoms with E-state index in [-0.39, 0.29) is 0 Å². The minimum Gasteiger partial charge on any atom is -0.317 e. The molecule has 0 unspecified atom stereocenters. The van der Waals surface area contributed by atoms with Gasteiger partial charge in [-0.1, -0.05) is 27.7 Å². The normalized spacial score (nSPS) is 11.6. The largest absolute Gasteiger partial charge is 0.317 e. The molecule has 3 heteroatoms. The first-order valence-corrected chi connectivity index (χ1v) is 6.30. The molecule has 0 fully saturated rings. The molecule has 0 radical (unpaired) electrons. The molecule has 0 aliphatic carbocycles. The zero-order valence-corrected chi connectivity index (χ0v) is 10.9. The highest BCUT2D eigenvalue weighted by molar-refractivity contribution is 4.57. The van der Waals surface area contributed by atoms with E-state index < -0.39 is 0 Å². The highest BCUT2D eigenvalue weighted by atomic mass is 14.9. The molecule has 0 bridgehead atoms. The van der Waals surface area contributed by atoms with E-state index in [0.717, 1.165) is 26.2 Å². The van der Waals surface area contributed by atoms with Gasteiger partial charge in [0.2, 0.25) is 0 Å². The number of rotatable bonds is 10. The SMILES string of the molecule is CC(C)NCCCNCCCNC(C)C. The van der Waals surface area contributed by atoms with E-state index in [1.807, 2.05) is 0 Å². The van der Waals surface area contributed by atoms with E-state index in [4.69, 9.17) is 0 Å². The van der Waals surface area contributed by atoms with Gasteiger partial charge in [0.05, 0.1) is 0 Å². The van der Waals surface area contributed by atoms with Gasteiger partial charge in [-0.2, -0.15) is 0 Å². The van der Waals surface area contributed by atoms with Crippen LogP contribution in [0.3, 0.4) is 0 Å². The molecule has 0 saturated carbocycles. The van der Waals surface area contributed by atoms with Gasteiger partial charge in [0.15, 0.2) is 0 Å². The monoisotopic (exact) mass is 215 g/mol. The lowest BCUT2D eigenvalue weighted by atomic mass is 10.3. The van der Waals surface area contributed by atoms with Gasteiger partial charge in [0, 0.05) is 12.1 Å². The molecule has 92 valence electrons. The average Bonchev–Trinajstić information content (AvgIpc) is 2.14. The summed E-state index contributed by atoms with van der Waals surface area (Å²) in [4.78, 5) is 0. The van der Waals surface area contributed by atoms with Gasteiger partial charge in [-0.15, -0.1) is 0 Å². The molecule has 3 nitrogen and oxygen atoms in total. The van der Waals surface area contributed by atoms with Gasteiger partial charge in [-0.25, -0.2) is 0 Å². The lowest BCUT2D eigenvalue weighted by Crippen LogP contribution is -2.29. The molecule has 0 heterocycles. The average molecular weight is 215 g/mol. The highest BCUT2D eigenvalue weighted by Crippen LogP contribution is 1.81. The minimum absolute atomic E-state index is 0.611. The van der Waals surface area contributed by atoms with Crippen molar-refractivity contribution in [2.75, 3.05) is 26.2 Å². The van der Waals surface area contributed by atoms with E-state index in [1.165, 1.54) is 12.8 Å². The Bertz CT molecular complexity index is 110. The maximum atomic E-state index is 3.45. The standard InChI is InChI=1S/C12H29N3/c1-11(2)14-9-5-7-13-8-6-10-15-12(3)4/h11-15H,5-10H2,1-4H3. The van der Waals surface area contributed by atoms with Gasteiger partial charge >= 0.3 is 0 Å². The minimum atomic E-state index is 0.611. The maximum absolute atomic E-state index is 3.45.